The molecule has 0 saturated heterocycles. The monoisotopic (exact) mass is 309 g/mol. The van der Waals surface area contributed by atoms with Crippen molar-refractivity contribution in [1.82, 2.24) is 4.90 Å². The second-order valence-corrected chi connectivity index (χ2v) is 5.88. The van der Waals surface area contributed by atoms with Crippen LogP contribution in [0.25, 0.3) is 0 Å². The van der Waals surface area contributed by atoms with Crippen LogP contribution in [-0.4, -0.2) is 43.8 Å². The Hall–Kier alpha value is -1.65. The summed E-state index contributed by atoms with van der Waals surface area (Å²) in [6.07, 6.45) is -2.70. The second-order valence-electron chi connectivity index (χ2n) is 3.92. The van der Waals surface area contributed by atoms with Crippen molar-refractivity contribution in [3.8, 4) is 0 Å². The molecule has 0 aliphatic carbocycles. The molecule has 10 heteroatoms. The fourth-order valence-electron chi connectivity index (χ4n) is 1.47. The number of nitro groups is 1. The summed E-state index contributed by atoms with van der Waals surface area (Å²) in [5.74, 6) is -0.675. The van der Waals surface area contributed by atoms with Gasteiger partial charge in [0.1, 0.15) is 5.88 Å². The van der Waals surface area contributed by atoms with Gasteiger partial charge in [0.25, 0.3) is 12.1 Å². The van der Waals surface area contributed by atoms with Crippen LogP contribution in [0, 0.1) is 10.1 Å². The summed E-state index contributed by atoms with van der Waals surface area (Å²) in [7, 11) is -3.87. The lowest BCUT2D eigenvalue weighted by molar-refractivity contribution is -0.384. The van der Waals surface area contributed by atoms with Crippen LogP contribution in [0.15, 0.2) is 29.2 Å². The van der Waals surface area contributed by atoms with Crippen LogP contribution >= 0.6 is 0 Å². The van der Waals surface area contributed by atoms with Gasteiger partial charge >= 0.3 is 0 Å². The molecular weight excluding hydrogens is 296 g/mol. The van der Waals surface area contributed by atoms with Crippen molar-refractivity contribution in [3.63, 3.8) is 0 Å². The predicted octanol–water partition coefficient (Wildman–Crippen LogP) is 0.809. The highest BCUT2D eigenvalue weighted by atomic mass is 32.2. The Kier molecular flexibility index (Phi) is 5.48. The molecule has 2 N–H and O–H groups in total. The second kappa shape index (κ2) is 6.68. The summed E-state index contributed by atoms with van der Waals surface area (Å²) in [6, 6.07) is 4.19. The van der Waals surface area contributed by atoms with Gasteiger partial charge in [-0.2, -0.15) is 0 Å². The number of nitrogens with two attached hydrogens (primary N) is 1. The third kappa shape index (κ3) is 4.47. The number of rotatable bonds is 7. The predicted molar refractivity (Wildman–Crippen MR) is 66.9 cm³/mol. The zero-order chi connectivity index (χ0) is 15.3. The average molecular weight is 309 g/mol. The van der Waals surface area contributed by atoms with E-state index < -0.39 is 33.6 Å². The summed E-state index contributed by atoms with van der Waals surface area (Å²) >= 11 is 0. The molecular formula is C10H13F2N3O4S. The fourth-order valence-corrected chi connectivity index (χ4v) is 2.86. The molecule has 112 valence electrons. The Morgan fingerprint density at radius 1 is 1.30 bits per heavy atom. The molecule has 0 bridgehead atoms. The highest BCUT2D eigenvalue weighted by molar-refractivity contribution is 7.91. The van der Waals surface area contributed by atoms with Crippen molar-refractivity contribution in [3.05, 3.63) is 34.4 Å². The third-order valence-corrected chi connectivity index (χ3v) is 4.11. The number of alkyl halides is 2. The molecule has 0 spiro atoms. The van der Waals surface area contributed by atoms with E-state index in [4.69, 9.17) is 5.73 Å². The quantitative estimate of drug-likeness (QED) is 0.454. The van der Waals surface area contributed by atoms with Gasteiger partial charge in [-0.1, -0.05) is 0 Å². The van der Waals surface area contributed by atoms with Gasteiger partial charge in [0.15, 0.2) is 9.84 Å². The minimum atomic E-state index is -3.87. The number of halogens is 2. The van der Waals surface area contributed by atoms with E-state index in [1.165, 1.54) is 0 Å². The molecule has 0 amide bonds. The van der Waals surface area contributed by atoms with E-state index in [1.54, 1.807) is 0 Å². The van der Waals surface area contributed by atoms with Gasteiger partial charge in [-0.3, -0.25) is 15.0 Å². The van der Waals surface area contributed by atoms with E-state index in [1.807, 2.05) is 0 Å². The Balaban J connectivity index is 2.90. The van der Waals surface area contributed by atoms with Crippen molar-refractivity contribution in [2.45, 2.75) is 11.3 Å². The number of sulfone groups is 1. The third-order valence-electron chi connectivity index (χ3n) is 2.41. The standard InChI is InChI=1S/C10H13F2N3O4S/c11-10(12)5-14(6-13)7-20(18,19)9-3-1-8(2-4-9)15(16)17/h1-4,10H,5-7,13H2. The first kappa shape index (κ1) is 16.4. The first-order valence-electron chi connectivity index (χ1n) is 5.44. The van der Waals surface area contributed by atoms with Crippen LogP contribution in [0.5, 0.6) is 0 Å². The zero-order valence-corrected chi connectivity index (χ0v) is 11.1. The number of hydrogen-bond acceptors (Lipinski definition) is 6. The topological polar surface area (TPSA) is 107 Å². The van der Waals surface area contributed by atoms with E-state index in [-0.39, 0.29) is 17.3 Å². The number of benzene rings is 1. The van der Waals surface area contributed by atoms with E-state index in [9.17, 15) is 27.3 Å². The number of hydrogen-bond donors (Lipinski definition) is 1. The van der Waals surface area contributed by atoms with Gasteiger partial charge in [-0.05, 0) is 12.1 Å². The number of nitro benzene ring substituents is 1. The maximum absolute atomic E-state index is 12.2. The van der Waals surface area contributed by atoms with E-state index in [2.05, 4.69) is 0 Å². The van der Waals surface area contributed by atoms with Crippen LogP contribution in [0.1, 0.15) is 0 Å². The summed E-state index contributed by atoms with van der Waals surface area (Å²) in [6.45, 7) is -1.10. The Morgan fingerprint density at radius 2 is 1.85 bits per heavy atom. The minimum absolute atomic E-state index is 0.184. The average Bonchev–Trinajstić information content (AvgIpc) is 2.37. The molecule has 0 unspecified atom stereocenters. The van der Waals surface area contributed by atoms with E-state index in [0.717, 1.165) is 29.2 Å². The van der Waals surface area contributed by atoms with Crippen molar-refractivity contribution >= 4 is 15.5 Å². The molecule has 0 aliphatic rings. The van der Waals surface area contributed by atoms with Crippen molar-refractivity contribution in [1.29, 1.82) is 0 Å². The van der Waals surface area contributed by atoms with Crippen LogP contribution in [0.2, 0.25) is 0 Å². The molecule has 1 aromatic rings. The first-order valence-corrected chi connectivity index (χ1v) is 7.09. The lowest BCUT2D eigenvalue weighted by atomic mass is 10.3. The van der Waals surface area contributed by atoms with Crippen LogP contribution < -0.4 is 5.73 Å². The van der Waals surface area contributed by atoms with Crippen molar-refractivity contribution < 1.29 is 22.1 Å². The van der Waals surface area contributed by atoms with Gasteiger partial charge in [0, 0.05) is 18.8 Å². The molecule has 1 rings (SSSR count). The molecule has 0 fully saturated rings. The maximum atomic E-state index is 12.2. The SMILES string of the molecule is NCN(CC(F)F)CS(=O)(=O)c1ccc([N+](=O)[O-])cc1. The lowest BCUT2D eigenvalue weighted by Gasteiger charge is -2.19. The molecule has 1 aromatic carbocycles. The lowest BCUT2D eigenvalue weighted by Crippen LogP contribution is -2.38. The molecule has 0 aromatic heterocycles. The molecule has 0 radical (unpaired) electrons. The zero-order valence-electron chi connectivity index (χ0n) is 10.3. The molecule has 0 heterocycles. The number of nitrogens with zero attached hydrogens (tertiary/aromatic N) is 2. The Morgan fingerprint density at radius 3 is 2.25 bits per heavy atom. The van der Waals surface area contributed by atoms with E-state index >= 15 is 0 Å². The number of non-ortho nitro benzene ring substituents is 1. The highest BCUT2D eigenvalue weighted by Crippen LogP contribution is 2.17. The minimum Gasteiger partial charge on any atom is -0.318 e. The maximum Gasteiger partial charge on any atom is 0.269 e. The van der Waals surface area contributed by atoms with Crippen LogP contribution in [0.3, 0.4) is 0 Å². The summed E-state index contributed by atoms with van der Waals surface area (Å²) in [4.78, 5) is 10.5. The summed E-state index contributed by atoms with van der Waals surface area (Å²) in [5, 5.41) is 10.5. The fraction of sp³-hybridized carbons (Fsp3) is 0.400. The van der Waals surface area contributed by atoms with Crippen LogP contribution in [0.4, 0.5) is 14.5 Å². The highest BCUT2D eigenvalue weighted by Gasteiger charge is 2.21. The van der Waals surface area contributed by atoms with Gasteiger partial charge in [-0.15, -0.1) is 0 Å². The normalized spacial score (nSPS) is 12.1. The van der Waals surface area contributed by atoms with Gasteiger partial charge in [0.05, 0.1) is 16.4 Å². The largest absolute Gasteiger partial charge is 0.318 e. The van der Waals surface area contributed by atoms with Crippen molar-refractivity contribution in [2.24, 2.45) is 5.73 Å². The summed E-state index contributed by atoms with van der Waals surface area (Å²) in [5.41, 5.74) is 4.95. The van der Waals surface area contributed by atoms with E-state index in [0.29, 0.717) is 0 Å². The molecule has 0 atom stereocenters. The Labute approximate surface area is 114 Å². The van der Waals surface area contributed by atoms with Gasteiger partial charge < -0.3 is 5.73 Å². The van der Waals surface area contributed by atoms with Gasteiger partial charge in [-0.25, -0.2) is 17.2 Å². The van der Waals surface area contributed by atoms with Gasteiger partial charge in [0.2, 0.25) is 0 Å². The smallest absolute Gasteiger partial charge is 0.269 e. The first-order chi connectivity index (χ1) is 9.26. The molecule has 20 heavy (non-hydrogen) atoms. The summed E-state index contributed by atoms with van der Waals surface area (Å²) < 4.78 is 48.4. The Bertz CT molecular complexity index is 562. The molecule has 0 saturated carbocycles. The van der Waals surface area contributed by atoms with Crippen molar-refractivity contribution in [2.75, 3.05) is 19.1 Å². The molecule has 7 nitrogen and oxygen atoms in total. The molecule has 0 aliphatic heterocycles. The van der Waals surface area contributed by atoms with Crippen LogP contribution in [-0.2, 0) is 9.84 Å².